The predicted molar refractivity (Wildman–Crippen MR) is 101 cm³/mol. The molecule has 0 fully saturated rings. The first-order valence-electron chi connectivity index (χ1n) is 7.72. The molecule has 26 heavy (non-hydrogen) atoms. The van der Waals surface area contributed by atoms with Gasteiger partial charge in [-0.25, -0.2) is 0 Å². The molecule has 9 heteroatoms. The zero-order valence-corrected chi connectivity index (χ0v) is 15.7. The number of halogens is 1. The van der Waals surface area contributed by atoms with Gasteiger partial charge in [-0.3, -0.25) is 4.79 Å². The van der Waals surface area contributed by atoms with E-state index in [-0.39, 0.29) is 5.91 Å². The second-order valence-corrected chi connectivity index (χ2v) is 7.07. The van der Waals surface area contributed by atoms with E-state index in [4.69, 9.17) is 16.3 Å². The molecule has 1 heterocycles. The smallest absolute Gasteiger partial charge is 0.237 e. The molecule has 3 rings (SSSR count). The Hall–Kier alpha value is -2.58. The number of carbonyl (C=O) groups is 1. The molecule has 0 spiro atoms. The van der Waals surface area contributed by atoms with E-state index < -0.39 is 5.25 Å². The Morgan fingerprint density at radius 1 is 1.19 bits per heavy atom. The second-order valence-electron chi connectivity index (χ2n) is 5.33. The summed E-state index contributed by atoms with van der Waals surface area (Å²) in [6.45, 7) is 1.80. The van der Waals surface area contributed by atoms with Crippen molar-refractivity contribution in [2.45, 2.75) is 17.3 Å². The van der Waals surface area contributed by atoms with Crippen molar-refractivity contribution in [2.75, 3.05) is 12.4 Å². The number of aromatic nitrogens is 4. The van der Waals surface area contributed by atoms with E-state index in [1.165, 1.54) is 11.8 Å². The quantitative estimate of drug-likeness (QED) is 0.650. The predicted octanol–water partition coefficient (Wildman–Crippen LogP) is 3.44. The number of amides is 1. The van der Waals surface area contributed by atoms with Crippen LogP contribution in [0.1, 0.15) is 6.92 Å². The van der Waals surface area contributed by atoms with E-state index in [1.54, 1.807) is 55.1 Å². The second kappa shape index (κ2) is 8.20. The Morgan fingerprint density at radius 2 is 1.88 bits per heavy atom. The molecule has 2 aromatic carbocycles. The van der Waals surface area contributed by atoms with Gasteiger partial charge in [0.05, 0.1) is 18.0 Å². The molecule has 0 saturated carbocycles. The van der Waals surface area contributed by atoms with Crippen LogP contribution in [0.2, 0.25) is 5.02 Å². The van der Waals surface area contributed by atoms with Crippen molar-refractivity contribution >= 4 is 35.0 Å². The van der Waals surface area contributed by atoms with Gasteiger partial charge in [0.1, 0.15) is 5.75 Å². The maximum atomic E-state index is 12.4. The molecule has 1 N–H and O–H groups in total. The van der Waals surface area contributed by atoms with Crippen molar-refractivity contribution in [3.05, 3.63) is 53.6 Å². The van der Waals surface area contributed by atoms with Crippen molar-refractivity contribution in [2.24, 2.45) is 0 Å². The molecule has 0 saturated heterocycles. The van der Waals surface area contributed by atoms with Gasteiger partial charge < -0.3 is 10.1 Å². The van der Waals surface area contributed by atoms with Crippen LogP contribution in [0.5, 0.6) is 5.75 Å². The third kappa shape index (κ3) is 4.33. The Bertz CT molecular complexity index is 883. The van der Waals surface area contributed by atoms with Crippen molar-refractivity contribution in [3.63, 3.8) is 0 Å². The minimum atomic E-state index is -0.394. The number of anilines is 1. The van der Waals surface area contributed by atoms with Gasteiger partial charge >= 0.3 is 0 Å². The Balaban J connectivity index is 1.67. The molecule has 0 unspecified atom stereocenters. The van der Waals surface area contributed by atoms with E-state index in [2.05, 4.69) is 20.8 Å². The molecule has 0 aliphatic rings. The van der Waals surface area contributed by atoms with Gasteiger partial charge in [0.15, 0.2) is 0 Å². The molecule has 3 aromatic rings. The minimum Gasteiger partial charge on any atom is -0.497 e. The van der Waals surface area contributed by atoms with Crippen LogP contribution < -0.4 is 10.1 Å². The number of ether oxygens (including phenoxy) is 1. The number of carbonyl (C=O) groups excluding carboxylic acids is 1. The molecule has 1 atom stereocenters. The van der Waals surface area contributed by atoms with Gasteiger partial charge in [0.25, 0.3) is 0 Å². The van der Waals surface area contributed by atoms with Crippen LogP contribution in [0.4, 0.5) is 5.69 Å². The lowest BCUT2D eigenvalue weighted by atomic mass is 10.3. The summed E-state index contributed by atoms with van der Waals surface area (Å²) in [6.07, 6.45) is 0. The number of tetrazole rings is 1. The van der Waals surface area contributed by atoms with Crippen LogP contribution in [-0.2, 0) is 4.79 Å². The molecule has 0 radical (unpaired) electrons. The molecule has 1 amide bonds. The number of nitrogens with one attached hydrogen (secondary N) is 1. The Morgan fingerprint density at radius 3 is 2.54 bits per heavy atom. The number of rotatable bonds is 6. The fraction of sp³-hybridized carbons (Fsp3) is 0.176. The average Bonchev–Trinajstić information content (AvgIpc) is 3.11. The van der Waals surface area contributed by atoms with E-state index in [0.717, 1.165) is 11.4 Å². The number of nitrogens with zero attached hydrogens (tertiary/aromatic N) is 4. The number of benzene rings is 2. The summed E-state index contributed by atoms with van der Waals surface area (Å²) in [5.41, 5.74) is 1.46. The Kier molecular flexibility index (Phi) is 5.75. The zero-order chi connectivity index (χ0) is 18.5. The molecule has 134 valence electrons. The van der Waals surface area contributed by atoms with Crippen molar-refractivity contribution in [1.82, 2.24) is 20.2 Å². The fourth-order valence-electron chi connectivity index (χ4n) is 2.13. The van der Waals surface area contributed by atoms with Gasteiger partial charge in [0, 0.05) is 10.7 Å². The molecule has 0 aliphatic carbocycles. The number of hydrogen-bond acceptors (Lipinski definition) is 6. The van der Waals surface area contributed by atoms with E-state index >= 15 is 0 Å². The van der Waals surface area contributed by atoms with Crippen LogP contribution >= 0.6 is 23.4 Å². The van der Waals surface area contributed by atoms with Gasteiger partial charge in [-0.1, -0.05) is 23.4 Å². The van der Waals surface area contributed by atoms with Crippen LogP contribution in [-0.4, -0.2) is 38.5 Å². The summed E-state index contributed by atoms with van der Waals surface area (Å²) in [4.78, 5) is 12.4. The summed E-state index contributed by atoms with van der Waals surface area (Å²) in [6, 6.07) is 14.3. The first-order chi connectivity index (χ1) is 12.6. The topological polar surface area (TPSA) is 81.9 Å². The van der Waals surface area contributed by atoms with Crippen molar-refractivity contribution in [3.8, 4) is 11.4 Å². The summed E-state index contributed by atoms with van der Waals surface area (Å²) in [5.74, 6) is 0.582. The van der Waals surface area contributed by atoms with E-state index in [9.17, 15) is 4.79 Å². The molecular weight excluding hydrogens is 374 g/mol. The lowest BCUT2D eigenvalue weighted by Crippen LogP contribution is -2.22. The molecule has 7 nitrogen and oxygen atoms in total. The van der Waals surface area contributed by atoms with E-state index in [0.29, 0.717) is 15.9 Å². The Labute approximate surface area is 159 Å². The maximum Gasteiger partial charge on any atom is 0.237 e. The first-order valence-corrected chi connectivity index (χ1v) is 8.98. The highest BCUT2D eigenvalue weighted by atomic mass is 35.5. The van der Waals surface area contributed by atoms with Crippen LogP contribution in [0.25, 0.3) is 5.69 Å². The SMILES string of the molecule is COc1ccc(NC(=O)[C@@H](C)Sc2nnnn2-c2ccc(Cl)cc2)cc1. The molecule has 1 aromatic heterocycles. The van der Waals surface area contributed by atoms with Crippen molar-refractivity contribution < 1.29 is 9.53 Å². The summed E-state index contributed by atoms with van der Waals surface area (Å²) >= 11 is 7.18. The van der Waals surface area contributed by atoms with E-state index in [1.807, 2.05) is 12.1 Å². The lowest BCUT2D eigenvalue weighted by Gasteiger charge is -2.12. The highest BCUT2D eigenvalue weighted by Crippen LogP contribution is 2.25. The third-order valence-corrected chi connectivity index (χ3v) is 4.81. The number of thioether (sulfide) groups is 1. The largest absolute Gasteiger partial charge is 0.497 e. The molecular formula is C17H16ClN5O2S. The lowest BCUT2D eigenvalue weighted by molar-refractivity contribution is -0.115. The van der Waals surface area contributed by atoms with Gasteiger partial charge in [0.2, 0.25) is 11.1 Å². The maximum absolute atomic E-state index is 12.4. The van der Waals surface area contributed by atoms with Crippen LogP contribution in [0.15, 0.2) is 53.7 Å². The molecule has 0 aliphatic heterocycles. The first kappa shape index (κ1) is 18.2. The number of methoxy groups -OCH3 is 1. The number of hydrogen-bond donors (Lipinski definition) is 1. The minimum absolute atomic E-state index is 0.147. The average molecular weight is 390 g/mol. The normalized spacial score (nSPS) is 11.8. The van der Waals surface area contributed by atoms with Crippen LogP contribution in [0.3, 0.4) is 0 Å². The standard InChI is InChI=1S/C17H16ClN5O2S/c1-11(16(24)19-13-5-9-15(25-2)10-6-13)26-17-20-21-22-23(17)14-7-3-12(18)4-8-14/h3-11H,1-2H3,(H,19,24)/t11-/m1/s1. The van der Waals surface area contributed by atoms with Gasteiger partial charge in [-0.15, -0.1) is 5.10 Å². The van der Waals surface area contributed by atoms with Crippen LogP contribution in [0, 0.1) is 0 Å². The highest BCUT2D eigenvalue weighted by molar-refractivity contribution is 8.00. The van der Waals surface area contributed by atoms with Gasteiger partial charge in [-0.05, 0) is 65.9 Å². The summed E-state index contributed by atoms with van der Waals surface area (Å²) < 4.78 is 6.67. The monoisotopic (exact) mass is 389 g/mol. The van der Waals surface area contributed by atoms with Gasteiger partial charge in [-0.2, -0.15) is 4.68 Å². The highest BCUT2D eigenvalue weighted by Gasteiger charge is 2.19. The summed E-state index contributed by atoms with van der Waals surface area (Å²) in [7, 11) is 1.59. The zero-order valence-electron chi connectivity index (χ0n) is 14.1. The fourth-order valence-corrected chi connectivity index (χ4v) is 3.06. The third-order valence-electron chi connectivity index (χ3n) is 3.52. The molecule has 0 bridgehead atoms. The van der Waals surface area contributed by atoms with Crippen molar-refractivity contribution in [1.29, 1.82) is 0 Å². The summed E-state index contributed by atoms with van der Waals surface area (Å²) in [5, 5.41) is 15.3.